The summed E-state index contributed by atoms with van der Waals surface area (Å²) in [5, 5.41) is 0. The number of rotatable bonds is 12. The van der Waals surface area contributed by atoms with Gasteiger partial charge in [0.05, 0.1) is 6.61 Å². The summed E-state index contributed by atoms with van der Waals surface area (Å²) in [4.78, 5) is 0. The average Bonchev–Trinajstić information content (AvgIpc) is 2.37. The fourth-order valence-corrected chi connectivity index (χ4v) is 7.09. The lowest BCUT2D eigenvalue weighted by molar-refractivity contribution is 0.326. The van der Waals surface area contributed by atoms with Crippen LogP contribution in [-0.2, 0) is 4.43 Å². The molecule has 0 aliphatic rings. The van der Waals surface area contributed by atoms with Crippen LogP contribution in [0.5, 0.6) is 0 Å². The Kier molecular flexibility index (Phi) is 10.8. The van der Waals surface area contributed by atoms with E-state index in [1.54, 1.807) is 0 Å². The SMILES string of the molecule is C=C(C)CO[Si](CCCC)(CCCC)CCCC. The van der Waals surface area contributed by atoms with Crippen LogP contribution in [0.15, 0.2) is 12.2 Å². The Hall–Kier alpha value is -0.0831. The van der Waals surface area contributed by atoms with Gasteiger partial charge in [-0.3, -0.25) is 0 Å². The van der Waals surface area contributed by atoms with E-state index in [4.69, 9.17) is 4.43 Å². The molecule has 0 bridgehead atoms. The molecule has 0 aromatic rings. The Morgan fingerprint density at radius 1 is 0.889 bits per heavy atom. The van der Waals surface area contributed by atoms with Crippen LogP contribution >= 0.6 is 0 Å². The number of hydrogen-bond acceptors (Lipinski definition) is 1. The highest BCUT2D eigenvalue weighted by molar-refractivity contribution is 6.73. The quantitative estimate of drug-likeness (QED) is 0.316. The molecule has 18 heavy (non-hydrogen) atoms. The van der Waals surface area contributed by atoms with Crippen LogP contribution in [0, 0.1) is 0 Å². The number of unbranched alkanes of at least 4 members (excludes halogenated alkanes) is 3. The summed E-state index contributed by atoms with van der Waals surface area (Å²) in [6.45, 7) is 13.7. The van der Waals surface area contributed by atoms with Crippen LogP contribution in [0.25, 0.3) is 0 Å². The van der Waals surface area contributed by atoms with Crippen molar-refractivity contribution in [2.75, 3.05) is 6.61 Å². The molecule has 1 nitrogen and oxygen atoms in total. The summed E-state index contributed by atoms with van der Waals surface area (Å²) < 4.78 is 6.44. The van der Waals surface area contributed by atoms with Gasteiger partial charge in [-0.2, -0.15) is 0 Å². The minimum absolute atomic E-state index is 0.795. The average molecular weight is 271 g/mol. The zero-order chi connectivity index (χ0) is 13.9. The Morgan fingerprint density at radius 3 is 1.56 bits per heavy atom. The van der Waals surface area contributed by atoms with Crippen molar-refractivity contribution in [3.63, 3.8) is 0 Å². The second-order valence-corrected chi connectivity index (χ2v) is 9.89. The van der Waals surface area contributed by atoms with Crippen LogP contribution in [0.3, 0.4) is 0 Å². The molecule has 0 spiro atoms. The fraction of sp³-hybridized carbons (Fsp3) is 0.875. The predicted molar refractivity (Wildman–Crippen MR) is 85.7 cm³/mol. The van der Waals surface area contributed by atoms with E-state index in [2.05, 4.69) is 34.3 Å². The molecule has 0 saturated heterocycles. The van der Waals surface area contributed by atoms with Gasteiger partial charge < -0.3 is 4.43 Å². The van der Waals surface area contributed by atoms with E-state index in [9.17, 15) is 0 Å². The Labute approximate surface area is 116 Å². The van der Waals surface area contributed by atoms with Crippen molar-refractivity contribution < 1.29 is 4.43 Å². The summed E-state index contributed by atoms with van der Waals surface area (Å²) in [7, 11) is -1.48. The van der Waals surface area contributed by atoms with E-state index in [1.165, 1.54) is 62.2 Å². The first-order valence-electron chi connectivity index (χ1n) is 7.88. The summed E-state index contributed by atoms with van der Waals surface area (Å²) in [5.41, 5.74) is 1.18. The van der Waals surface area contributed by atoms with E-state index in [0.717, 1.165) is 6.61 Å². The summed E-state index contributed by atoms with van der Waals surface area (Å²) in [6, 6.07) is 4.07. The highest BCUT2D eigenvalue weighted by Crippen LogP contribution is 2.29. The monoisotopic (exact) mass is 270 g/mol. The molecule has 0 aromatic heterocycles. The predicted octanol–water partition coefficient (Wildman–Crippen LogP) is 5.92. The first-order chi connectivity index (χ1) is 8.60. The van der Waals surface area contributed by atoms with E-state index in [-0.39, 0.29) is 0 Å². The van der Waals surface area contributed by atoms with Gasteiger partial charge in [-0.1, -0.05) is 71.4 Å². The van der Waals surface area contributed by atoms with Gasteiger partial charge in [0.25, 0.3) is 0 Å². The van der Waals surface area contributed by atoms with E-state index < -0.39 is 8.32 Å². The van der Waals surface area contributed by atoms with Crippen molar-refractivity contribution >= 4 is 8.32 Å². The maximum Gasteiger partial charge on any atom is 0.193 e. The van der Waals surface area contributed by atoms with Gasteiger partial charge in [-0.05, 0) is 25.1 Å². The molecule has 0 amide bonds. The van der Waals surface area contributed by atoms with Crippen LogP contribution in [0.2, 0.25) is 18.1 Å². The smallest absolute Gasteiger partial charge is 0.193 e. The molecule has 0 aliphatic carbocycles. The molecule has 0 N–H and O–H groups in total. The molecule has 0 unspecified atom stereocenters. The van der Waals surface area contributed by atoms with Crippen molar-refractivity contribution in [1.82, 2.24) is 0 Å². The van der Waals surface area contributed by atoms with Crippen molar-refractivity contribution in [3.8, 4) is 0 Å². The lowest BCUT2D eigenvalue weighted by Crippen LogP contribution is -2.38. The molecule has 0 saturated carbocycles. The van der Waals surface area contributed by atoms with Gasteiger partial charge in [0, 0.05) is 0 Å². The standard InChI is InChI=1S/C16H34OSi/c1-6-9-12-18(13-10-7-2,14-11-8-3)17-15-16(4)5/h4,6-15H2,1-3,5H3. The molecular formula is C16H34OSi. The Morgan fingerprint density at radius 2 is 1.28 bits per heavy atom. The molecule has 0 fully saturated rings. The maximum atomic E-state index is 6.44. The van der Waals surface area contributed by atoms with Gasteiger partial charge >= 0.3 is 0 Å². The molecule has 0 heterocycles. The molecule has 2 heteroatoms. The zero-order valence-electron chi connectivity index (χ0n) is 13.2. The van der Waals surface area contributed by atoms with Gasteiger partial charge in [-0.25, -0.2) is 0 Å². The second kappa shape index (κ2) is 10.8. The van der Waals surface area contributed by atoms with Gasteiger partial charge in [0.15, 0.2) is 8.32 Å². The first-order valence-corrected chi connectivity index (χ1v) is 10.4. The topological polar surface area (TPSA) is 9.23 Å². The fourth-order valence-electron chi connectivity index (χ4n) is 2.36. The minimum atomic E-state index is -1.48. The zero-order valence-corrected chi connectivity index (χ0v) is 14.2. The first kappa shape index (κ1) is 17.9. The van der Waals surface area contributed by atoms with Crippen LogP contribution in [0.1, 0.15) is 66.2 Å². The highest BCUT2D eigenvalue weighted by Gasteiger charge is 2.32. The third-order valence-electron chi connectivity index (χ3n) is 3.58. The molecule has 0 aromatic carbocycles. The van der Waals surface area contributed by atoms with Gasteiger partial charge in [-0.15, -0.1) is 0 Å². The molecular weight excluding hydrogens is 236 g/mol. The minimum Gasteiger partial charge on any atom is -0.413 e. The van der Waals surface area contributed by atoms with E-state index in [0.29, 0.717) is 0 Å². The normalized spacial score (nSPS) is 11.8. The Bertz CT molecular complexity index is 191. The lowest BCUT2D eigenvalue weighted by Gasteiger charge is -2.32. The third-order valence-corrected chi connectivity index (χ3v) is 8.13. The summed E-state index contributed by atoms with van der Waals surface area (Å²) in [6.07, 6.45) is 7.91. The number of hydrogen-bond donors (Lipinski definition) is 0. The van der Waals surface area contributed by atoms with Crippen molar-refractivity contribution in [2.45, 2.75) is 84.4 Å². The largest absolute Gasteiger partial charge is 0.413 e. The van der Waals surface area contributed by atoms with Crippen LogP contribution in [-0.4, -0.2) is 14.9 Å². The van der Waals surface area contributed by atoms with Crippen molar-refractivity contribution in [3.05, 3.63) is 12.2 Å². The molecule has 0 radical (unpaired) electrons. The second-order valence-electron chi connectivity index (χ2n) is 5.74. The Balaban J connectivity index is 4.55. The van der Waals surface area contributed by atoms with Gasteiger partial charge in [0.2, 0.25) is 0 Å². The van der Waals surface area contributed by atoms with Crippen molar-refractivity contribution in [1.29, 1.82) is 0 Å². The summed E-state index contributed by atoms with van der Waals surface area (Å²) >= 11 is 0. The lowest BCUT2D eigenvalue weighted by atomic mass is 10.4. The van der Waals surface area contributed by atoms with Crippen LogP contribution in [0.4, 0.5) is 0 Å². The van der Waals surface area contributed by atoms with Gasteiger partial charge in [0.1, 0.15) is 0 Å². The van der Waals surface area contributed by atoms with E-state index >= 15 is 0 Å². The molecule has 108 valence electrons. The van der Waals surface area contributed by atoms with Crippen molar-refractivity contribution in [2.24, 2.45) is 0 Å². The maximum absolute atomic E-state index is 6.44. The summed E-state index contributed by atoms with van der Waals surface area (Å²) in [5.74, 6) is 0. The molecule has 0 rings (SSSR count). The van der Waals surface area contributed by atoms with E-state index in [1.807, 2.05) is 0 Å². The van der Waals surface area contributed by atoms with Crippen LogP contribution < -0.4 is 0 Å². The molecule has 0 aliphatic heterocycles. The third kappa shape index (κ3) is 8.10. The highest BCUT2D eigenvalue weighted by atomic mass is 28.4. The molecule has 0 atom stereocenters.